The predicted molar refractivity (Wildman–Crippen MR) is 41.7 cm³/mol. The number of terminal acetylenes is 1. The molecule has 0 aromatic rings. The first-order valence-corrected chi connectivity index (χ1v) is 2.88. The van der Waals surface area contributed by atoms with Gasteiger partial charge < -0.3 is 0 Å². The van der Waals surface area contributed by atoms with Crippen molar-refractivity contribution in [3.8, 4) is 12.3 Å². The minimum absolute atomic E-state index is 0.893. The van der Waals surface area contributed by atoms with E-state index in [1.807, 2.05) is 19.1 Å². The molecular formula is C9H11. The van der Waals surface area contributed by atoms with E-state index in [1.165, 1.54) is 0 Å². The number of rotatable bonds is 3. The highest BCUT2D eigenvalue weighted by atomic mass is 13.9. The van der Waals surface area contributed by atoms with E-state index in [9.17, 15) is 0 Å². The standard InChI is InChI=1S/C9H11/c1-4-6-8-9(3)7-5-2/h2,4,7-8H,1,6H2,3H3. The predicted octanol–water partition coefficient (Wildman–Crippen LogP) is 2.35. The molecule has 0 rings (SSSR count). The Kier molecular flexibility index (Phi) is 4.63. The van der Waals surface area contributed by atoms with Crippen LogP contribution in [0.2, 0.25) is 0 Å². The topological polar surface area (TPSA) is 0 Å². The first-order valence-electron chi connectivity index (χ1n) is 2.88. The van der Waals surface area contributed by atoms with E-state index in [1.54, 1.807) is 6.42 Å². The molecule has 47 valence electrons. The molecule has 0 saturated carbocycles. The summed E-state index contributed by atoms with van der Waals surface area (Å²) in [4.78, 5) is 0. The molecule has 0 saturated heterocycles. The molecule has 0 atom stereocenters. The smallest absolute Gasteiger partial charge is 0.0582 e. The Morgan fingerprint density at radius 3 is 2.89 bits per heavy atom. The van der Waals surface area contributed by atoms with E-state index in [0.717, 1.165) is 12.0 Å². The van der Waals surface area contributed by atoms with Crippen molar-refractivity contribution in [1.82, 2.24) is 0 Å². The van der Waals surface area contributed by atoms with E-state index in [4.69, 9.17) is 6.42 Å². The number of hydrogen-bond donors (Lipinski definition) is 0. The van der Waals surface area contributed by atoms with Gasteiger partial charge in [0.2, 0.25) is 0 Å². The first-order chi connectivity index (χ1) is 4.31. The summed E-state index contributed by atoms with van der Waals surface area (Å²) in [5.74, 6) is 2.45. The highest BCUT2D eigenvalue weighted by Gasteiger charge is 1.81. The van der Waals surface area contributed by atoms with Crippen LogP contribution in [0.25, 0.3) is 0 Å². The first kappa shape index (κ1) is 8.04. The molecule has 0 aromatic carbocycles. The van der Waals surface area contributed by atoms with Crippen molar-refractivity contribution in [3.63, 3.8) is 0 Å². The van der Waals surface area contributed by atoms with Crippen LogP contribution in [-0.4, -0.2) is 0 Å². The zero-order chi connectivity index (χ0) is 7.11. The van der Waals surface area contributed by atoms with Crippen molar-refractivity contribution < 1.29 is 0 Å². The van der Waals surface area contributed by atoms with Gasteiger partial charge in [0.15, 0.2) is 0 Å². The highest BCUT2D eigenvalue weighted by Crippen LogP contribution is 1.97. The molecular weight excluding hydrogens is 108 g/mol. The highest BCUT2D eigenvalue weighted by molar-refractivity contribution is 5.23. The van der Waals surface area contributed by atoms with Gasteiger partial charge in [0, 0.05) is 0 Å². The zero-order valence-corrected chi connectivity index (χ0v) is 5.72. The molecule has 0 N–H and O–H groups in total. The van der Waals surface area contributed by atoms with Gasteiger partial charge in [-0.15, -0.1) is 13.0 Å². The maximum Gasteiger partial charge on any atom is 0.0582 e. The molecule has 0 unspecified atom stereocenters. The number of allylic oxidation sites excluding steroid dienone is 3. The van der Waals surface area contributed by atoms with Crippen LogP contribution >= 0.6 is 0 Å². The molecule has 1 radical (unpaired) electrons. The van der Waals surface area contributed by atoms with Gasteiger partial charge in [-0.1, -0.05) is 23.6 Å². The summed E-state index contributed by atoms with van der Waals surface area (Å²) in [7, 11) is 0. The van der Waals surface area contributed by atoms with E-state index in [2.05, 4.69) is 12.5 Å². The number of hydrogen-bond acceptors (Lipinski definition) is 0. The average Bonchev–Trinajstić information content (AvgIpc) is 1.85. The van der Waals surface area contributed by atoms with Crippen LogP contribution in [0.4, 0.5) is 0 Å². The van der Waals surface area contributed by atoms with Crippen LogP contribution in [0.15, 0.2) is 24.3 Å². The van der Waals surface area contributed by atoms with Crippen molar-refractivity contribution in [2.45, 2.75) is 13.3 Å². The van der Waals surface area contributed by atoms with E-state index >= 15 is 0 Å². The van der Waals surface area contributed by atoms with Gasteiger partial charge in [0.25, 0.3) is 0 Å². The van der Waals surface area contributed by atoms with Gasteiger partial charge in [-0.3, -0.25) is 0 Å². The Bertz CT molecular complexity index is 144. The average molecular weight is 119 g/mol. The molecule has 0 bridgehead atoms. The van der Waals surface area contributed by atoms with Gasteiger partial charge >= 0.3 is 0 Å². The van der Waals surface area contributed by atoms with Crippen molar-refractivity contribution in [2.75, 3.05) is 0 Å². The lowest BCUT2D eigenvalue weighted by Crippen LogP contribution is -1.72. The van der Waals surface area contributed by atoms with E-state index in [-0.39, 0.29) is 0 Å². The summed E-state index contributed by atoms with van der Waals surface area (Å²) in [6, 6.07) is 0. The fourth-order valence-corrected chi connectivity index (χ4v) is 0.460. The van der Waals surface area contributed by atoms with E-state index < -0.39 is 0 Å². The monoisotopic (exact) mass is 119 g/mol. The van der Waals surface area contributed by atoms with Gasteiger partial charge in [-0.25, -0.2) is 0 Å². The third-order valence-corrected chi connectivity index (χ3v) is 0.917. The van der Waals surface area contributed by atoms with Crippen molar-refractivity contribution in [3.05, 3.63) is 30.7 Å². The van der Waals surface area contributed by atoms with Crippen LogP contribution in [0, 0.1) is 18.8 Å². The fraction of sp³-hybridized carbons (Fsp3) is 0.222. The third-order valence-electron chi connectivity index (χ3n) is 0.917. The minimum Gasteiger partial charge on any atom is -0.119 e. The minimum atomic E-state index is 0.893. The molecule has 0 aliphatic rings. The van der Waals surface area contributed by atoms with Crippen molar-refractivity contribution in [2.24, 2.45) is 0 Å². The van der Waals surface area contributed by atoms with Crippen LogP contribution in [0.3, 0.4) is 0 Å². The van der Waals surface area contributed by atoms with Crippen molar-refractivity contribution in [1.29, 1.82) is 0 Å². The summed E-state index contributed by atoms with van der Waals surface area (Å²) >= 11 is 0. The Morgan fingerprint density at radius 1 is 1.78 bits per heavy atom. The molecule has 0 aliphatic carbocycles. The second-order valence-corrected chi connectivity index (χ2v) is 1.78. The third kappa shape index (κ3) is 4.90. The maximum absolute atomic E-state index is 5.03. The second kappa shape index (κ2) is 5.18. The second-order valence-electron chi connectivity index (χ2n) is 1.78. The molecule has 0 amide bonds. The van der Waals surface area contributed by atoms with E-state index in [0.29, 0.717) is 0 Å². The molecule has 9 heavy (non-hydrogen) atoms. The summed E-state index contributed by atoms with van der Waals surface area (Å²) in [5, 5.41) is 0. The van der Waals surface area contributed by atoms with Gasteiger partial charge in [-0.05, 0) is 13.3 Å². The lowest BCUT2D eigenvalue weighted by Gasteiger charge is -1.88. The quantitative estimate of drug-likeness (QED) is 0.395. The largest absolute Gasteiger partial charge is 0.119 e. The van der Waals surface area contributed by atoms with Crippen LogP contribution in [0.1, 0.15) is 13.3 Å². The summed E-state index contributed by atoms with van der Waals surface area (Å²) in [6.45, 7) is 5.56. The molecule has 0 aliphatic heterocycles. The molecule has 0 heteroatoms. The Balaban J connectivity index is 3.58. The normalized spacial score (nSPS) is 10.4. The molecule has 0 nitrogen and oxygen atoms in total. The summed E-state index contributed by atoms with van der Waals surface area (Å²) < 4.78 is 0. The summed E-state index contributed by atoms with van der Waals surface area (Å²) in [6.07, 6.45) is 11.5. The lowest BCUT2D eigenvalue weighted by molar-refractivity contribution is 1.32. The van der Waals surface area contributed by atoms with Crippen LogP contribution < -0.4 is 0 Å². The van der Waals surface area contributed by atoms with Crippen molar-refractivity contribution >= 4 is 0 Å². The molecule has 0 aromatic heterocycles. The Hall–Kier alpha value is -0.960. The SMILES string of the molecule is C#C[CH]C(C)=CCC=C. The van der Waals surface area contributed by atoms with Crippen LogP contribution in [-0.2, 0) is 0 Å². The summed E-state index contributed by atoms with van der Waals surface area (Å²) in [5.41, 5.74) is 1.12. The van der Waals surface area contributed by atoms with Gasteiger partial charge in [0.1, 0.15) is 0 Å². The van der Waals surface area contributed by atoms with Crippen LogP contribution in [0.5, 0.6) is 0 Å². The lowest BCUT2D eigenvalue weighted by atomic mass is 10.2. The van der Waals surface area contributed by atoms with Gasteiger partial charge in [-0.2, -0.15) is 0 Å². The molecule has 0 fully saturated rings. The van der Waals surface area contributed by atoms with Gasteiger partial charge in [0.05, 0.1) is 6.42 Å². The molecule has 0 spiro atoms. The zero-order valence-electron chi connectivity index (χ0n) is 5.72. The molecule has 0 heterocycles. The Labute approximate surface area is 57.3 Å². The maximum atomic E-state index is 5.03. The fourth-order valence-electron chi connectivity index (χ4n) is 0.460. The Morgan fingerprint density at radius 2 is 2.44 bits per heavy atom.